The van der Waals surface area contributed by atoms with Crippen molar-refractivity contribution in [3.8, 4) is 5.75 Å². The van der Waals surface area contributed by atoms with E-state index in [0.717, 1.165) is 22.6 Å². The average molecular weight is 443 g/mol. The van der Waals surface area contributed by atoms with E-state index < -0.39 is 0 Å². The Labute approximate surface area is 194 Å². The monoisotopic (exact) mass is 442 g/mol. The van der Waals surface area contributed by atoms with Crippen molar-refractivity contribution in [3.63, 3.8) is 0 Å². The Balaban J connectivity index is 1.49. The number of ether oxygens (including phenoxy) is 1. The van der Waals surface area contributed by atoms with E-state index in [0.29, 0.717) is 25.4 Å². The van der Waals surface area contributed by atoms with Crippen LogP contribution < -0.4 is 4.74 Å². The summed E-state index contributed by atoms with van der Waals surface area (Å²) in [6.45, 7) is 8.10. The summed E-state index contributed by atoms with van der Waals surface area (Å²) in [5.74, 6) is 1.52. The molecule has 2 aromatic heterocycles. The molecule has 1 amide bonds. The number of imidazole rings is 1. The van der Waals surface area contributed by atoms with Gasteiger partial charge in [0.1, 0.15) is 23.9 Å². The Morgan fingerprint density at radius 1 is 1.00 bits per heavy atom. The standard InChI is InChI=1S/C27H30N4O2/c1-27(2,3)20-12-14-21(15-13-20)33-18-17-31-24-11-6-5-9-22(24)29-25(31)19-30(4)26(32)23-10-7-8-16-28-23/h5-16H,17-19H2,1-4H3. The summed E-state index contributed by atoms with van der Waals surface area (Å²) in [7, 11) is 1.77. The number of pyridine rings is 1. The molecule has 2 aromatic carbocycles. The lowest BCUT2D eigenvalue weighted by Gasteiger charge is -2.19. The summed E-state index contributed by atoms with van der Waals surface area (Å²) in [5, 5.41) is 0. The van der Waals surface area contributed by atoms with Crippen LogP contribution in [0.15, 0.2) is 72.9 Å². The van der Waals surface area contributed by atoms with Crippen LogP contribution >= 0.6 is 0 Å². The van der Waals surface area contributed by atoms with E-state index in [1.165, 1.54) is 5.56 Å². The number of amides is 1. The number of para-hydroxylation sites is 2. The van der Waals surface area contributed by atoms with Crippen LogP contribution in [0.25, 0.3) is 11.0 Å². The molecule has 0 spiro atoms. The summed E-state index contributed by atoms with van der Waals surface area (Å²) >= 11 is 0. The second-order valence-corrected chi connectivity index (χ2v) is 9.17. The zero-order valence-electron chi connectivity index (χ0n) is 19.7. The molecule has 0 radical (unpaired) electrons. The minimum Gasteiger partial charge on any atom is -0.492 e. The molecule has 2 heterocycles. The molecule has 0 aliphatic rings. The maximum Gasteiger partial charge on any atom is 0.272 e. The largest absolute Gasteiger partial charge is 0.492 e. The van der Waals surface area contributed by atoms with Crippen LogP contribution in [0.5, 0.6) is 5.75 Å². The van der Waals surface area contributed by atoms with Gasteiger partial charge in [0.25, 0.3) is 5.91 Å². The van der Waals surface area contributed by atoms with Crippen LogP contribution in [0.2, 0.25) is 0 Å². The van der Waals surface area contributed by atoms with Gasteiger partial charge in [-0.05, 0) is 47.4 Å². The van der Waals surface area contributed by atoms with Crippen LogP contribution in [0, 0.1) is 0 Å². The van der Waals surface area contributed by atoms with Gasteiger partial charge in [0, 0.05) is 13.2 Å². The van der Waals surface area contributed by atoms with Crippen molar-refractivity contribution in [2.75, 3.05) is 13.7 Å². The molecule has 170 valence electrons. The molecule has 4 aromatic rings. The number of benzene rings is 2. The van der Waals surface area contributed by atoms with Gasteiger partial charge in [0.15, 0.2) is 0 Å². The third kappa shape index (κ3) is 5.22. The summed E-state index contributed by atoms with van der Waals surface area (Å²) in [6, 6.07) is 21.6. The van der Waals surface area contributed by atoms with Gasteiger partial charge in [-0.1, -0.05) is 51.1 Å². The minimum atomic E-state index is -0.135. The number of nitrogens with zero attached hydrogens (tertiary/aromatic N) is 4. The SMILES string of the molecule is CN(Cc1nc2ccccc2n1CCOc1ccc(C(C)(C)C)cc1)C(=O)c1ccccn1. The first-order valence-corrected chi connectivity index (χ1v) is 11.2. The Bertz CT molecular complexity index is 1220. The number of rotatable bonds is 7. The third-order valence-corrected chi connectivity index (χ3v) is 5.65. The summed E-state index contributed by atoms with van der Waals surface area (Å²) in [4.78, 5) is 23.4. The fourth-order valence-corrected chi connectivity index (χ4v) is 3.77. The zero-order valence-corrected chi connectivity index (χ0v) is 19.7. The van der Waals surface area contributed by atoms with Gasteiger partial charge in [-0.2, -0.15) is 0 Å². The Hall–Kier alpha value is -3.67. The highest BCUT2D eigenvalue weighted by atomic mass is 16.5. The summed E-state index contributed by atoms with van der Waals surface area (Å²) in [6.07, 6.45) is 1.63. The van der Waals surface area contributed by atoms with E-state index in [1.54, 1.807) is 30.3 Å². The second-order valence-electron chi connectivity index (χ2n) is 9.17. The zero-order chi connectivity index (χ0) is 23.4. The first kappa shape index (κ1) is 22.5. The quantitative estimate of drug-likeness (QED) is 0.400. The number of fused-ring (bicyclic) bond motifs is 1. The number of hydrogen-bond acceptors (Lipinski definition) is 4. The highest BCUT2D eigenvalue weighted by molar-refractivity contribution is 5.92. The Morgan fingerprint density at radius 2 is 1.73 bits per heavy atom. The number of hydrogen-bond donors (Lipinski definition) is 0. The smallest absolute Gasteiger partial charge is 0.272 e. The lowest BCUT2D eigenvalue weighted by molar-refractivity contribution is 0.0774. The molecule has 0 unspecified atom stereocenters. The van der Waals surface area contributed by atoms with Gasteiger partial charge >= 0.3 is 0 Å². The van der Waals surface area contributed by atoms with Crippen LogP contribution in [0.1, 0.15) is 42.6 Å². The van der Waals surface area contributed by atoms with Gasteiger partial charge in [-0.25, -0.2) is 4.98 Å². The van der Waals surface area contributed by atoms with E-state index in [9.17, 15) is 4.79 Å². The van der Waals surface area contributed by atoms with Crippen molar-refractivity contribution < 1.29 is 9.53 Å². The highest BCUT2D eigenvalue weighted by Gasteiger charge is 2.18. The minimum absolute atomic E-state index is 0.113. The number of aromatic nitrogens is 3. The predicted octanol–water partition coefficient (Wildman–Crippen LogP) is 5.08. The van der Waals surface area contributed by atoms with Crippen molar-refractivity contribution in [3.05, 3.63) is 90.0 Å². The maximum absolute atomic E-state index is 12.8. The molecular weight excluding hydrogens is 412 g/mol. The maximum atomic E-state index is 12.8. The lowest BCUT2D eigenvalue weighted by Crippen LogP contribution is -2.28. The molecule has 0 aliphatic heterocycles. The van der Waals surface area contributed by atoms with Gasteiger partial charge in [0.05, 0.1) is 24.1 Å². The fraction of sp³-hybridized carbons (Fsp3) is 0.296. The molecule has 4 rings (SSSR count). The molecule has 0 bridgehead atoms. The topological polar surface area (TPSA) is 60.2 Å². The van der Waals surface area contributed by atoms with Crippen LogP contribution in [-0.2, 0) is 18.5 Å². The summed E-state index contributed by atoms with van der Waals surface area (Å²) < 4.78 is 8.16. The van der Waals surface area contributed by atoms with Crippen molar-refractivity contribution in [1.82, 2.24) is 19.4 Å². The average Bonchev–Trinajstić information content (AvgIpc) is 3.16. The van der Waals surface area contributed by atoms with Crippen molar-refractivity contribution >= 4 is 16.9 Å². The lowest BCUT2D eigenvalue weighted by atomic mass is 9.87. The number of carbonyl (C=O) groups excluding carboxylic acids is 1. The predicted molar refractivity (Wildman–Crippen MR) is 130 cm³/mol. The van der Waals surface area contributed by atoms with Crippen molar-refractivity contribution in [1.29, 1.82) is 0 Å². The molecule has 0 aliphatic carbocycles. The molecule has 0 saturated carbocycles. The van der Waals surface area contributed by atoms with Crippen molar-refractivity contribution in [2.24, 2.45) is 0 Å². The molecule has 0 atom stereocenters. The first-order chi connectivity index (χ1) is 15.8. The van der Waals surface area contributed by atoms with Crippen LogP contribution in [0.3, 0.4) is 0 Å². The van der Waals surface area contributed by atoms with Gasteiger partial charge in [0.2, 0.25) is 0 Å². The van der Waals surface area contributed by atoms with Gasteiger partial charge in [-0.15, -0.1) is 0 Å². The van der Waals surface area contributed by atoms with E-state index >= 15 is 0 Å². The first-order valence-electron chi connectivity index (χ1n) is 11.2. The van der Waals surface area contributed by atoms with Crippen LogP contribution in [0.4, 0.5) is 0 Å². The molecule has 33 heavy (non-hydrogen) atoms. The highest BCUT2D eigenvalue weighted by Crippen LogP contribution is 2.24. The van der Waals surface area contributed by atoms with E-state index in [4.69, 9.17) is 9.72 Å². The van der Waals surface area contributed by atoms with Crippen molar-refractivity contribution in [2.45, 2.75) is 39.3 Å². The normalized spacial score (nSPS) is 11.5. The van der Waals surface area contributed by atoms with Gasteiger partial charge < -0.3 is 14.2 Å². The molecular formula is C27H30N4O2. The Kier molecular flexibility index (Phi) is 6.45. The van der Waals surface area contributed by atoms with Crippen LogP contribution in [-0.4, -0.2) is 39.0 Å². The summed E-state index contributed by atoms with van der Waals surface area (Å²) in [5.41, 5.74) is 3.74. The third-order valence-electron chi connectivity index (χ3n) is 5.65. The molecule has 0 saturated heterocycles. The molecule has 6 nitrogen and oxygen atoms in total. The number of carbonyl (C=O) groups is 1. The fourth-order valence-electron chi connectivity index (χ4n) is 3.77. The Morgan fingerprint density at radius 3 is 2.42 bits per heavy atom. The van der Waals surface area contributed by atoms with E-state index in [2.05, 4.69) is 42.5 Å². The van der Waals surface area contributed by atoms with Gasteiger partial charge in [-0.3, -0.25) is 9.78 Å². The van der Waals surface area contributed by atoms with E-state index in [1.807, 2.05) is 42.5 Å². The molecule has 6 heteroatoms. The van der Waals surface area contributed by atoms with E-state index in [-0.39, 0.29) is 11.3 Å². The molecule has 0 fully saturated rings. The molecule has 0 N–H and O–H groups in total. The second kappa shape index (κ2) is 9.45.